The van der Waals surface area contributed by atoms with E-state index in [-0.39, 0.29) is 41.5 Å². The molecule has 6 nitrogen and oxygen atoms in total. The molecule has 0 aromatic heterocycles. The minimum atomic E-state index is -0.973. The number of halogens is 2. The fourth-order valence-electron chi connectivity index (χ4n) is 5.10. The van der Waals surface area contributed by atoms with Crippen LogP contribution in [0.4, 0.5) is 10.5 Å². The van der Waals surface area contributed by atoms with E-state index in [2.05, 4.69) is 6.07 Å². The van der Waals surface area contributed by atoms with Crippen molar-refractivity contribution in [3.05, 3.63) is 64.7 Å². The van der Waals surface area contributed by atoms with Gasteiger partial charge in [0.1, 0.15) is 0 Å². The van der Waals surface area contributed by atoms with Crippen LogP contribution in [0.3, 0.4) is 0 Å². The second kappa shape index (κ2) is 9.69. The first-order valence-corrected chi connectivity index (χ1v) is 11.1. The molecule has 1 saturated carbocycles. The van der Waals surface area contributed by atoms with E-state index in [0.29, 0.717) is 13.1 Å². The second-order valence-corrected chi connectivity index (χ2v) is 9.17. The molecule has 1 saturated heterocycles. The lowest BCUT2D eigenvalue weighted by Crippen LogP contribution is -2.46. The summed E-state index contributed by atoms with van der Waals surface area (Å²) in [4.78, 5) is 28.1. The van der Waals surface area contributed by atoms with Gasteiger partial charge in [-0.3, -0.25) is 4.90 Å². The topological polar surface area (TPSA) is 86.9 Å². The van der Waals surface area contributed by atoms with Gasteiger partial charge in [-0.05, 0) is 74.6 Å². The third-order valence-electron chi connectivity index (χ3n) is 6.93. The molecule has 0 unspecified atom stereocenters. The molecule has 32 heavy (non-hydrogen) atoms. The van der Waals surface area contributed by atoms with Gasteiger partial charge in [-0.15, -0.1) is 12.4 Å². The maximum Gasteiger partial charge on any atom is 0.335 e. The van der Waals surface area contributed by atoms with Gasteiger partial charge in [0.25, 0.3) is 0 Å². The van der Waals surface area contributed by atoms with E-state index < -0.39 is 5.97 Å². The van der Waals surface area contributed by atoms with Gasteiger partial charge >= 0.3 is 12.0 Å². The van der Waals surface area contributed by atoms with Crippen LogP contribution in [-0.2, 0) is 5.41 Å². The Labute approximate surface area is 199 Å². The van der Waals surface area contributed by atoms with Crippen molar-refractivity contribution >= 4 is 41.7 Å². The Morgan fingerprint density at radius 3 is 2.41 bits per heavy atom. The molecule has 172 valence electrons. The van der Waals surface area contributed by atoms with Crippen LogP contribution in [0.1, 0.15) is 48.5 Å². The van der Waals surface area contributed by atoms with Crippen LogP contribution in [0.2, 0.25) is 5.02 Å². The lowest BCUT2D eigenvalue weighted by Gasteiger charge is -2.42. The summed E-state index contributed by atoms with van der Waals surface area (Å²) < 4.78 is 0. The number of nitrogens with zero attached hydrogens (tertiary/aromatic N) is 2. The molecule has 2 aromatic rings. The first-order valence-electron chi connectivity index (χ1n) is 10.7. The highest BCUT2D eigenvalue weighted by molar-refractivity contribution is 6.30. The first kappa shape index (κ1) is 24.4. The van der Waals surface area contributed by atoms with Gasteiger partial charge < -0.3 is 15.7 Å². The van der Waals surface area contributed by atoms with Gasteiger partial charge in [-0.25, -0.2) is 9.59 Å². The average Bonchev–Trinajstić information content (AvgIpc) is 3.07. The summed E-state index contributed by atoms with van der Waals surface area (Å²) in [6.07, 6.45) is 3.63. The zero-order valence-corrected chi connectivity index (χ0v) is 19.6. The van der Waals surface area contributed by atoms with Crippen LogP contribution in [-0.4, -0.2) is 47.2 Å². The molecule has 8 heteroatoms. The maximum absolute atomic E-state index is 13.3. The number of carbonyl (C=O) groups is 2. The molecule has 2 aromatic carbocycles. The summed E-state index contributed by atoms with van der Waals surface area (Å²) in [5.41, 5.74) is 8.26. The zero-order chi connectivity index (χ0) is 22.2. The Morgan fingerprint density at radius 2 is 1.84 bits per heavy atom. The number of benzene rings is 2. The number of carboxylic acid groups (broad SMARTS) is 1. The smallest absolute Gasteiger partial charge is 0.335 e. The number of anilines is 1. The summed E-state index contributed by atoms with van der Waals surface area (Å²) in [7, 11) is 0. The van der Waals surface area contributed by atoms with Crippen LogP contribution in [0.25, 0.3) is 0 Å². The van der Waals surface area contributed by atoms with Crippen molar-refractivity contribution in [1.82, 2.24) is 4.90 Å². The van der Waals surface area contributed by atoms with Crippen LogP contribution >= 0.6 is 24.0 Å². The molecular formula is C24H29Cl2N3O3. The number of urea groups is 1. The fourth-order valence-corrected chi connectivity index (χ4v) is 5.29. The van der Waals surface area contributed by atoms with Crippen molar-refractivity contribution in [2.45, 2.75) is 50.1 Å². The number of amides is 2. The monoisotopic (exact) mass is 477 g/mol. The summed E-state index contributed by atoms with van der Waals surface area (Å²) in [6.45, 7) is 3.26. The third kappa shape index (κ3) is 4.45. The minimum Gasteiger partial charge on any atom is -0.478 e. The third-order valence-corrected chi connectivity index (χ3v) is 7.16. The molecule has 2 fully saturated rings. The molecule has 0 bridgehead atoms. The predicted molar refractivity (Wildman–Crippen MR) is 129 cm³/mol. The van der Waals surface area contributed by atoms with E-state index in [1.807, 2.05) is 30.0 Å². The first-order chi connectivity index (χ1) is 14.8. The highest BCUT2D eigenvalue weighted by atomic mass is 35.5. The molecule has 1 aliphatic carbocycles. The Bertz CT molecular complexity index is 975. The zero-order valence-electron chi connectivity index (χ0n) is 18.0. The van der Waals surface area contributed by atoms with Crippen LogP contribution in [0.15, 0.2) is 48.5 Å². The second-order valence-electron chi connectivity index (χ2n) is 8.73. The number of aromatic carboxylic acids is 1. The van der Waals surface area contributed by atoms with Crippen molar-refractivity contribution < 1.29 is 14.7 Å². The van der Waals surface area contributed by atoms with Gasteiger partial charge in [0.05, 0.1) is 11.6 Å². The van der Waals surface area contributed by atoms with Gasteiger partial charge in [0, 0.05) is 35.3 Å². The SMILES string of the molecule is C[C@@H]1CN(C2CCC(CN)(c3cccc(Cl)c3)CC2)C(=O)N1c1ccc(C(=O)O)cc1.Cl. The lowest BCUT2D eigenvalue weighted by molar-refractivity contribution is 0.0697. The molecule has 0 spiro atoms. The highest BCUT2D eigenvalue weighted by Gasteiger charge is 2.43. The molecule has 1 aliphatic heterocycles. The Balaban J connectivity index is 0.00000289. The molecule has 2 aliphatic rings. The molecular weight excluding hydrogens is 449 g/mol. The van der Waals surface area contributed by atoms with Crippen molar-refractivity contribution in [3.8, 4) is 0 Å². The highest BCUT2D eigenvalue weighted by Crippen LogP contribution is 2.42. The van der Waals surface area contributed by atoms with E-state index in [9.17, 15) is 9.59 Å². The van der Waals surface area contributed by atoms with Crippen LogP contribution in [0, 0.1) is 0 Å². The van der Waals surface area contributed by atoms with E-state index in [0.717, 1.165) is 36.4 Å². The summed E-state index contributed by atoms with van der Waals surface area (Å²) in [6, 6.07) is 14.7. The quantitative estimate of drug-likeness (QED) is 0.638. The fraction of sp³-hybridized carbons (Fsp3) is 0.417. The maximum atomic E-state index is 13.3. The number of carboxylic acids is 1. The lowest BCUT2D eigenvalue weighted by atomic mass is 9.68. The Kier molecular flexibility index (Phi) is 7.38. The molecule has 1 atom stereocenters. The average molecular weight is 478 g/mol. The van der Waals surface area contributed by atoms with E-state index >= 15 is 0 Å². The number of carbonyl (C=O) groups excluding carboxylic acids is 1. The van der Waals surface area contributed by atoms with Gasteiger partial charge in [0.2, 0.25) is 0 Å². The molecule has 0 radical (unpaired) electrons. The van der Waals surface area contributed by atoms with E-state index in [4.69, 9.17) is 22.4 Å². The van der Waals surface area contributed by atoms with Crippen molar-refractivity contribution in [2.75, 3.05) is 18.0 Å². The predicted octanol–water partition coefficient (Wildman–Crippen LogP) is 4.93. The van der Waals surface area contributed by atoms with Crippen molar-refractivity contribution in [3.63, 3.8) is 0 Å². The number of hydrogen-bond acceptors (Lipinski definition) is 3. The van der Waals surface area contributed by atoms with Gasteiger partial charge in [-0.2, -0.15) is 0 Å². The molecule has 1 heterocycles. The summed E-state index contributed by atoms with van der Waals surface area (Å²) in [5, 5.41) is 9.84. The standard InChI is InChI=1S/C24H28ClN3O3.ClH/c1-16-14-27(23(31)28(16)21-7-5-17(6-8-21)22(29)30)20-9-11-24(15-26,12-10-20)18-3-2-4-19(25)13-18;/h2-8,13,16,20H,9-12,14-15,26H2,1H3,(H,29,30);1H/t16-,20?,24?;/m1./s1. The molecule has 2 amide bonds. The summed E-state index contributed by atoms with van der Waals surface area (Å²) in [5.74, 6) is -0.973. The van der Waals surface area contributed by atoms with E-state index in [1.165, 1.54) is 5.56 Å². The number of nitrogens with two attached hydrogens (primary N) is 1. The van der Waals surface area contributed by atoms with Crippen molar-refractivity contribution in [2.24, 2.45) is 5.73 Å². The number of rotatable bonds is 5. The summed E-state index contributed by atoms with van der Waals surface area (Å²) >= 11 is 6.22. The Hall–Kier alpha value is -2.28. The minimum absolute atomic E-state index is 0. The van der Waals surface area contributed by atoms with E-state index in [1.54, 1.807) is 29.2 Å². The normalized spacial score (nSPS) is 25.5. The molecule has 4 rings (SSSR count). The van der Waals surface area contributed by atoms with Crippen LogP contribution in [0.5, 0.6) is 0 Å². The molecule has 3 N–H and O–H groups in total. The van der Waals surface area contributed by atoms with Gasteiger partial charge in [0.15, 0.2) is 0 Å². The Morgan fingerprint density at radius 1 is 1.19 bits per heavy atom. The van der Waals surface area contributed by atoms with Gasteiger partial charge in [-0.1, -0.05) is 23.7 Å². The van der Waals surface area contributed by atoms with Crippen molar-refractivity contribution in [1.29, 1.82) is 0 Å². The number of hydrogen-bond donors (Lipinski definition) is 2. The van der Waals surface area contributed by atoms with Crippen LogP contribution < -0.4 is 10.6 Å². The largest absolute Gasteiger partial charge is 0.478 e.